The molecule has 0 bridgehead atoms. The molecule has 0 radical (unpaired) electrons. The van der Waals surface area contributed by atoms with Gasteiger partial charge in [-0.15, -0.1) is 0 Å². The normalized spacial score (nSPS) is 10.8. The number of aromatic amines is 1. The largest absolute Gasteiger partial charge is 0.407 e. The van der Waals surface area contributed by atoms with Crippen LogP contribution in [0.25, 0.3) is 33.5 Å². The van der Waals surface area contributed by atoms with Crippen LogP contribution in [0.2, 0.25) is 0 Å². The molecule has 2 aromatic carbocycles. The monoisotopic (exact) mass is 374 g/mol. The standard InChI is InChI=1S/C20H15FN6O/c21-15-4-2-1-3-12(15)17-7-8-25-19(27-17)14-10-26-16-6-5-11(9-13(14)16)18(22)28-20(23)24/h1-10,22,26H,(H3,23,24). The Kier molecular flexibility index (Phi) is 4.29. The van der Waals surface area contributed by atoms with E-state index in [0.717, 1.165) is 10.9 Å². The molecule has 138 valence electrons. The molecule has 8 heteroatoms. The average molecular weight is 374 g/mol. The van der Waals surface area contributed by atoms with Crippen LogP contribution in [0.15, 0.2) is 60.9 Å². The summed E-state index contributed by atoms with van der Waals surface area (Å²) >= 11 is 0. The molecule has 0 atom stereocenters. The third-order valence-electron chi connectivity index (χ3n) is 4.20. The first kappa shape index (κ1) is 17.3. The van der Waals surface area contributed by atoms with E-state index in [2.05, 4.69) is 15.0 Å². The molecule has 2 heterocycles. The third kappa shape index (κ3) is 3.18. The highest BCUT2D eigenvalue weighted by atomic mass is 19.1. The van der Waals surface area contributed by atoms with Crippen molar-refractivity contribution in [2.45, 2.75) is 0 Å². The predicted molar refractivity (Wildman–Crippen MR) is 105 cm³/mol. The number of nitrogens with two attached hydrogens (primary N) is 1. The van der Waals surface area contributed by atoms with Gasteiger partial charge in [0.15, 0.2) is 5.82 Å². The number of rotatable bonds is 3. The molecule has 0 saturated carbocycles. The Labute approximate surface area is 159 Å². The van der Waals surface area contributed by atoms with Gasteiger partial charge in [-0.05, 0) is 36.4 Å². The van der Waals surface area contributed by atoms with Crippen molar-refractivity contribution in [3.63, 3.8) is 0 Å². The third-order valence-corrected chi connectivity index (χ3v) is 4.20. The van der Waals surface area contributed by atoms with Gasteiger partial charge in [-0.1, -0.05) is 12.1 Å². The number of H-pyrrole nitrogens is 1. The molecule has 0 spiro atoms. The van der Waals surface area contributed by atoms with E-state index in [9.17, 15) is 4.39 Å². The Morgan fingerprint density at radius 2 is 1.89 bits per heavy atom. The van der Waals surface area contributed by atoms with E-state index in [4.69, 9.17) is 21.3 Å². The molecule has 4 aromatic rings. The highest BCUT2D eigenvalue weighted by molar-refractivity contribution is 6.03. The molecule has 0 fully saturated rings. The first-order valence-corrected chi connectivity index (χ1v) is 8.33. The Morgan fingerprint density at radius 3 is 2.68 bits per heavy atom. The maximum Gasteiger partial charge on any atom is 0.285 e. The van der Waals surface area contributed by atoms with Gasteiger partial charge >= 0.3 is 0 Å². The lowest BCUT2D eigenvalue weighted by molar-refractivity contribution is 0.527. The number of nitrogens with one attached hydrogen (secondary N) is 3. The molecule has 0 aliphatic carbocycles. The van der Waals surface area contributed by atoms with E-state index >= 15 is 0 Å². The number of aromatic nitrogens is 3. The smallest absolute Gasteiger partial charge is 0.285 e. The Hall–Kier alpha value is -4.07. The maximum atomic E-state index is 14.1. The van der Waals surface area contributed by atoms with Gasteiger partial charge in [0.25, 0.3) is 6.02 Å². The highest BCUT2D eigenvalue weighted by Crippen LogP contribution is 2.29. The van der Waals surface area contributed by atoms with Gasteiger partial charge < -0.3 is 15.5 Å². The van der Waals surface area contributed by atoms with Crippen molar-refractivity contribution in [3.8, 4) is 22.6 Å². The SMILES string of the molecule is N=C(N)OC(=N)c1ccc2[nH]cc(-c3nccc(-c4ccccc4F)n3)c2c1. The van der Waals surface area contributed by atoms with Gasteiger partial charge in [0.05, 0.1) is 5.69 Å². The van der Waals surface area contributed by atoms with Crippen molar-refractivity contribution in [3.05, 3.63) is 72.3 Å². The minimum absolute atomic E-state index is 0.234. The summed E-state index contributed by atoms with van der Waals surface area (Å²) in [5, 5.41) is 15.8. The summed E-state index contributed by atoms with van der Waals surface area (Å²) in [7, 11) is 0. The predicted octanol–water partition coefficient (Wildman–Crippen LogP) is 3.67. The number of amidine groups is 1. The van der Waals surface area contributed by atoms with E-state index < -0.39 is 6.02 Å². The molecule has 7 nitrogen and oxygen atoms in total. The molecule has 5 N–H and O–H groups in total. The summed E-state index contributed by atoms with van der Waals surface area (Å²) in [5.74, 6) is -0.172. The fourth-order valence-corrected chi connectivity index (χ4v) is 2.92. The van der Waals surface area contributed by atoms with Crippen LogP contribution in [0, 0.1) is 16.6 Å². The van der Waals surface area contributed by atoms with Crippen LogP contribution in [-0.2, 0) is 4.74 Å². The molecule has 0 unspecified atom stereocenters. The molecular formula is C20H15FN6O. The van der Waals surface area contributed by atoms with E-state index in [1.165, 1.54) is 6.07 Å². The summed E-state index contributed by atoms with van der Waals surface area (Å²) in [5.41, 5.74) is 8.02. The number of ether oxygens (including phenoxy) is 1. The van der Waals surface area contributed by atoms with Crippen molar-refractivity contribution in [2.75, 3.05) is 0 Å². The Morgan fingerprint density at radius 1 is 1.07 bits per heavy atom. The number of hydrogen-bond donors (Lipinski definition) is 4. The maximum absolute atomic E-state index is 14.1. The molecule has 4 rings (SSSR count). The van der Waals surface area contributed by atoms with Gasteiger partial charge in [0.1, 0.15) is 5.82 Å². The zero-order chi connectivity index (χ0) is 19.7. The average Bonchev–Trinajstić information content (AvgIpc) is 3.11. The Bertz CT molecular complexity index is 1220. The first-order valence-electron chi connectivity index (χ1n) is 8.33. The quantitative estimate of drug-likeness (QED) is 0.322. The summed E-state index contributed by atoms with van der Waals surface area (Å²) in [6.07, 6.45) is 3.33. The number of halogens is 1. The first-order chi connectivity index (χ1) is 13.5. The van der Waals surface area contributed by atoms with Crippen LogP contribution >= 0.6 is 0 Å². The zero-order valence-electron chi connectivity index (χ0n) is 14.5. The van der Waals surface area contributed by atoms with Crippen molar-refractivity contribution < 1.29 is 9.13 Å². The van der Waals surface area contributed by atoms with E-state index in [-0.39, 0.29) is 11.7 Å². The second kappa shape index (κ2) is 6.92. The molecular weight excluding hydrogens is 359 g/mol. The lowest BCUT2D eigenvalue weighted by atomic mass is 10.1. The molecule has 0 aliphatic rings. The number of benzene rings is 2. The fraction of sp³-hybridized carbons (Fsp3) is 0. The zero-order valence-corrected chi connectivity index (χ0v) is 14.5. The van der Waals surface area contributed by atoms with Crippen molar-refractivity contribution >= 4 is 22.8 Å². The Balaban J connectivity index is 1.79. The molecule has 0 aliphatic heterocycles. The van der Waals surface area contributed by atoms with Crippen molar-refractivity contribution in [1.29, 1.82) is 10.8 Å². The number of hydrogen-bond acceptors (Lipinski definition) is 5. The summed E-state index contributed by atoms with van der Waals surface area (Å²) in [6, 6.07) is 12.7. The van der Waals surface area contributed by atoms with E-state index in [0.29, 0.717) is 28.2 Å². The topological polar surface area (TPSA) is 125 Å². The highest BCUT2D eigenvalue weighted by Gasteiger charge is 2.14. The second-order valence-corrected chi connectivity index (χ2v) is 6.00. The van der Waals surface area contributed by atoms with Gasteiger partial charge in [-0.25, -0.2) is 14.4 Å². The van der Waals surface area contributed by atoms with Crippen LogP contribution < -0.4 is 5.73 Å². The van der Waals surface area contributed by atoms with E-state index in [1.807, 2.05) is 0 Å². The van der Waals surface area contributed by atoms with Crippen molar-refractivity contribution in [2.24, 2.45) is 5.73 Å². The molecule has 0 amide bonds. The van der Waals surface area contributed by atoms with Crippen LogP contribution in [0.1, 0.15) is 5.56 Å². The summed E-state index contributed by atoms with van der Waals surface area (Å²) in [4.78, 5) is 12.0. The van der Waals surface area contributed by atoms with Crippen LogP contribution in [0.4, 0.5) is 4.39 Å². The minimum atomic E-state index is -0.555. The van der Waals surface area contributed by atoms with Gasteiger partial charge in [0.2, 0.25) is 5.90 Å². The van der Waals surface area contributed by atoms with Gasteiger partial charge in [0, 0.05) is 40.0 Å². The number of fused-ring (bicyclic) bond motifs is 1. The minimum Gasteiger partial charge on any atom is -0.407 e. The van der Waals surface area contributed by atoms with E-state index in [1.54, 1.807) is 54.9 Å². The molecule has 0 saturated heterocycles. The molecule has 28 heavy (non-hydrogen) atoms. The number of nitrogens with zero attached hydrogens (tertiary/aromatic N) is 2. The summed E-state index contributed by atoms with van der Waals surface area (Å²) in [6.45, 7) is 0. The fourth-order valence-electron chi connectivity index (χ4n) is 2.92. The van der Waals surface area contributed by atoms with Crippen LogP contribution in [-0.4, -0.2) is 26.9 Å². The lowest BCUT2D eigenvalue weighted by Crippen LogP contribution is -2.19. The summed E-state index contributed by atoms with van der Waals surface area (Å²) < 4.78 is 19.0. The van der Waals surface area contributed by atoms with Crippen molar-refractivity contribution in [1.82, 2.24) is 15.0 Å². The van der Waals surface area contributed by atoms with Crippen LogP contribution in [0.3, 0.4) is 0 Å². The van der Waals surface area contributed by atoms with Gasteiger partial charge in [-0.2, -0.15) is 0 Å². The molecule has 2 aromatic heterocycles. The second-order valence-electron chi connectivity index (χ2n) is 6.00. The lowest BCUT2D eigenvalue weighted by Gasteiger charge is -2.06. The van der Waals surface area contributed by atoms with Gasteiger partial charge in [-0.3, -0.25) is 10.8 Å². The van der Waals surface area contributed by atoms with Crippen LogP contribution in [0.5, 0.6) is 0 Å².